The van der Waals surface area contributed by atoms with Crippen LogP contribution in [0.4, 0.5) is 0 Å². The van der Waals surface area contributed by atoms with Crippen molar-refractivity contribution in [2.45, 2.75) is 45.5 Å². The molecule has 0 N–H and O–H groups in total. The van der Waals surface area contributed by atoms with E-state index in [1.54, 1.807) is 0 Å². The summed E-state index contributed by atoms with van der Waals surface area (Å²) in [5.74, 6) is -0.794. The first-order valence-corrected chi connectivity index (χ1v) is 11.3. The van der Waals surface area contributed by atoms with E-state index in [9.17, 15) is 9.59 Å². The molecule has 0 radical (unpaired) electrons. The summed E-state index contributed by atoms with van der Waals surface area (Å²) >= 11 is 0. The van der Waals surface area contributed by atoms with Crippen LogP contribution in [0.5, 0.6) is 0 Å². The molecule has 4 nitrogen and oxygen atoms in total. The van der Waals surface area contributed by atoms with Gasteiger partial charge in [0.05, 0.1) is 5.54 Å². The maximum absolute atomic E-state index is 12.9. The SMILES string of the molecule is C/C=C/C(C(=O)O[C@H]1C(=O)OCC1(C)C)[Si](C)(C)c1ccccc1. The number of rotatable bonds is 5. The standard InChI is InChI=1S/C19H26O4Si/c1-6-10-15(24(4,5)14-11-8-7-9-12-14)17(20)23-16-18(21)22-13-19(16,2)3/h6-12,15-16H,13H2,1-5H3/b10-6+/t15?,16-/m0/s1. The van der Waals surface area contributed by atoms with E-state index in [4.69, 9.17) is 9.47 Å². The molecule has 1 fully saturated rings. The van der Waals surface area contributed by atoms with Crippen LogP contribution in [0.15, 0.2) is 42.5 Å². The fourth-order valence-electron chi connectivity index (χ4n) is 2.98. The van der Waals surface area contributed by atoms with Gasteiger partial charge in [-0.15, -0.1) is 0 Å². The molecule has 0 saturated carbocycles. The molecule has 1 heterocycles. The van der Waals surface area contributed by atoms with Crippen LogP contribution in [0.1, 0.15) is 20.8 Å². The first-order valence-electron chi connectivity index (χ1n) is 8.25. The average molecular weight is 346 g/mol. The second kappa shape index (κ2) is 6.93. The van der Waals surface area contributed by atoms with Gasteiger partial charge in [0, 0.05) is 5.41 Å². The van der Waals surface area contributed by atoms with Gasteiger partial charge < -0.3 is 9.47 Å². The van der Waals surface area contributed by atoms with Gasteiger partial charge in [-0.1, -0.05) is 74.6 Å². The van der Waals surface area contributed by atoms with Crippen LogP contribution in [-0.4, -0.2) is 32.7 Å². The summed E-state index contributed by atoms with van der Waals surface area (Å²) in [5, 5.41) is 1.18. The summed E-state index contributed by atoms with van der Waals surface area (Å²) in [6.45, 7) is 10.2. The van der Waals surface area contributed by atoms with Crippen LogP contribution in [0, 0.1) is 5.41 Å². The Morgan fingerprint density at radius 3 is 2.46 bits per heavy atom. The van der Waals surface area contributed by atoms with Crippen molar-refractivity contribution in [3.8, 4) is 0 Å². The van der Waals surface area contributed by atoms with E-state index in [2.05, 4.69) is 25.2 Å². The fraction of sp³-hybridized carbons (Fsp3) is 0.474. The molecule has 1 unspecified atom stereocenters. The second-order valence-corrected chi connectivity index (χ2v) is 12.1. The maximum atomic E-state index is 12.9. The highest BCUT2D eigenvalue weighted by atomic mass is 28.3. The van der Waals surface area contributed by atoms with E-state index in [0.717, 1.165) is 0 Å². The average Bonchev–Trinajstić information content (AvgIpc) is 2.80. The van der Waals surface area contributed by atoms with Crippen molar-refractivity contribution in [1.29, 1.82) is 0 Å². The minimum atomic E-state index is -2.15. The number of hydrogen-bond donors (Lipinski definition) is 0. The first-order chi connectivity index (χ1) is 11.2. The van der Waals surface area contributed by atoms with Crippen LogP contribution in [0.2, 0.25) is 18.6 Å². The minimum Gasteiger partial charge on any atom is -0.462 e. The monoisotopic (exact) mass is 346 g/mol. The van der Waals surface area contributed by atoms with E-state index in [0.29, 0.717) is 0 Å². The number of hydrogen-bond acceptors (Lipinski definition) is 4. The molecule has 1 aromatic carbocycles. The van der Waals surface area contributed by atoms with Crippen LogP contribution >= 0.6 is 0 Å². The topological polar surface area (TPSA) is 52.6 Å². The minimum absolute atomic E-state index is 0.275. The van der Waals surface area contributed by atoms with Crippen molar-refractivity contribution in [2.24, 2.45) is 5.41 Å². The Labute approximate surface area is 144 Å². The van der Waals surface area contributed by atoms with Gasteiger partial charge in [0.25, 0.3) is 0 Å². The van der Waals surface area contributed by atoms with Crippen molar-refractivity contribution in [3.05, 3.63) is 42.5 Å². The zero-order valence-electron chi connectivity index (χ0n) is 15.0. The lowest BCUT2D eigenvalue weighted by Crippen LogP contribution is -2.49. The van der Waals surface area contributed by atoms with Gasteiger partial charge in [-0.25, -0.2) is 4.79 Å². The third-order valence-electron chi connectivity index (χ3n) is 4.68. The molecule has 0 aromatic heterocycles. The predicted molar refractivity (Wildman–Crippen MR) is 96.7 cm³/mol. The van der Waals surface area contributed by atoms with Crippen LogP contribution in [0.3, 0.4) is 0 Å². The normalized spacial score (nSPS) is 21.5. The number of allylic oxidation sites excluding steroid dienone is 1. The molecule has 0 spiro atoms. The summed E-state index contributed by atoms with van der Waals surface area (Å²) in [7, 11) is -2.15. The van der Waals surface area contributed by atoms with Crippen molar-refractivity contribution in [1.82, 2.24) is 0 Å². The molecule has 0 amide bonds. The number of carbonyl (C=O) groups is 2. The smallest absolute Gasteiger partial charge is 0.348 e. The molecule has 1 aliphatic heterocycles. The lowest BCUT2D eigenvalue weighted by atomic mass is 9.90. The van der Waals surface area contributed by atoms with E-state index < -0.39 is 25.6 Å². The number of ether oxygens (including phenoxy) is 2. The molecule has 1 saturated heterocycles. The Hall–Kier alpha value is -1.88. The Bertz CT molecular complexity index is 634. The molecular weight excluding hydrogens is 320 g/mol. The zero-order valence-corrected chi connectivity index (χ0v) is 16.0. The molecule has 1 aromatic rings. The lowest BCUT2D eigenvalue weighted by Gasteiger charge is -2.31. The molecule has 5 heteroatoms. The van der Waals surface area contributed by atoms with E-state index >= 15 is 0 Å². The van der Waals surface area contributed by atoms with Crippen LogP contribution < -0.4 is 5.19 Å². The van der Waals surface area contributed by atoms with Gasteiger partial charge >= 0.3 is 11.9 Å². The Morgan fingerprint density at radius 1 is 1.33 bits per heavy atom. The molecule has 0 bridgehead atoms. The van der Waals surface area contributed by atoms with Gasteiger partial charge in [-0.05, 0) is 6.92 Å². The van der Waals surface area contributed by atoms with Crippen molar-refractivity contribution >= 4 is 25.2 Å². The van der Waals surface area contributed by atoms with E-state index in [1.165, 1.54) is 5.19 Å². The zero-order chi connectivity index (χ0) is 18.0. The van der Waals surface area contributed by atoms with Crippen molar-refractivity contribution in [2.75, 3.05) is 6.61 Å². The van der Waals surface area contributed by atoms with Gasteiger partial charge in [0.2, 0.25) is 6.10 Å². The molecule has 0 aliphatic carbocycles. The number of esters is 2. The van der Waals surface area contributed by atoms with Gasteiger partial charge in [0.1, 0.15) is 14.7 Å². The molecule has 2 atom stereocenters. The third-order valence-corrected chi connectivity index (χ3v) is 8.48. The fourth-order valence-corrected chi connectivity index (χ4v) is 5.72. The number of benzene rings is 1. The summed E-state index contributed by atoms with van der Waals surface area (Å²) in [6.07, 6.45) is 2.94. The summed E-state index contributed by atoms with van der Waals surface area (Å²) in [4.78, 5) is 24.8. The van der Waals surface area contributed by atoms with Gasteiger partial charge in [-0.2, -0.15) is 0 Å². The van der Waals surface area contributed by atoms with Crippen molar-refractivity contribution in [3.63, 3.8) is 0 Å². The molecular formula is C19H26O4Si. The predicted octanol–water partition coefficient (Wildman–Crippen LogP) is 3.04. The molecule has 24 heavy (non-hydrogen) atoms. The number of cyclic esters (lactones) is 1. The van der Waals surface area contributed by atoms with Gasteiger partial charge in [0.15, 0.2) is 0 Å². The van der Waals surface area contributed by atoms with Crippen molar-refractivity contribution < 1.29 is 19.1 Å². The summed E-state index contributed by atoms with van der Waals surface area (Å²) < 4.78 is 10.7. The second-order valence-electron chi connectivity index (χ2n) is 7.50. The summed E-state index contributed by atoms with van der Waals surface area (Å²) in [5.41, 5.74) is -0.847. The quantitative estimate of drug-likeness (QED) is 0.467. The molecule has 130 valence electrons. The van der Waals surface area contributed by atoms with Crippen LogP contribution in [0.25, 0.3) is 0 Å². The third kappa shape index (κ3) is 3.61. The van der Waals surface area contributed by atoms with Crippen LogP contribution in [-0.2, 0) is 19.1 Å². The van der Waals surface area contributed by atoms with Gasteiger partial charge in [-0.3, -0.25) is 4.79 Å². The summed E-state index contributed by atoms with van der Waals surface area (Å²) in [6, 6.07) is 10.1. The van der Waals surface area contributed by atoms with E-state index in [-0.39, 0.29) is 18.1 Å². The highest BCUT2D eigenvalue weighted by Crippen LogP contribution is 2.34. The maximum Gasteiger partial charge on any atom is 0.348 e. The first kappa shape index (κ1) is 18.5. The Morgan fingerprint density at radius 2 is 1.96 bits per heavy atom. The highest BCUT2D eigenvalue weighted by Gasteiger charge is 2.48. The lowest BCUT2D eigenvalue weighted by molar-refractivity contribution is -0.162. The highest BCUT2D eigenvalue weighted by molar-refractivity contribution is 6.93. The largest absolute Gasteiger partial charge is 0.462 e. The molecule has 2 rings (SSSR count). The number of carbonyl (C=O) groups excluding carboxylic acids is 2. The van der Waals surface area contributed by atoms with E-state index in [1.807, 2.05) is 51.1 Å². The Balaban J connectivity index is 2.27. The Kier molecular flexibility index (Phi) is 5.33. The molecule has 1 aliphatic rings.